The largest absolute Gasteiger partial charge is 0.334 e. The molecule has 1 heterocycles. The molecule has 0 saturated carbocycles. The first-order valence-electron chi connectivity index (χ1n) is 9.53. The van der Waals surface area contributed by atoms with Crippen LogP contribution in [0.25, 0.3) is 0 Å². The number of hydrazine groups is 1. The number of nitrogens with one attached hydrogen (secondary N) is 2. The summed E-state index contributed by atoms with van der Waals surface area (Å²) < 4.78 is 1.78. The van der Waals surface area contributed by atoms with E-state index in [4.69, 9.17) is 0 Å². The van der Waals surface area contributed by atoms with Gasteiger partial charge in [0.25, 0.3) is 5.91 Å². The topological polar surface area (TPSA) is 61.2 Å². The third kappa shape index (κ3) is 4.09. The highest BCUT2D eigenvalue weighted by Gasteiger charge is 2.47. The Bertz CT molecular complexity index is 1040. The molecule has 0 spiro atoms. The maximum absolute atomic E-state index is 12.8. The summed E-state index contributed by atoms with van der Waals surface area (Å²) in [6.45, 7) is 2.03. The lowest BCUT2D eigenvalue weighted by molar-refractivity contribution is -0.596. The summed E-state index contributed by atoms with van der Waals surface area (Å²) in [4.78, 5) is 25.5. The third-order valence-electron chi connectivity index (χ3n) is 4.97. The van der Waals surface area contributed by atoms with Crippen molar-refractivity contribution in [2.24, 2.45) is 0 Å². The molecule has 5 nitrogen and oxygen atoms in total. The van der Waals surface area contributed by atoms with Crippen molar-refractivity contribution in [1.29, 1.82) is 0 Å². The zero-order valence-electron chi connectivity index (χ0n) is 16.1. The normalized spacial score (nSPS) is 19.8. The number of rotatable bonds is 4. The lowest BCUT2D eigenvalue weighted by Gasteiger charge is -2.14. The SMILES string of the molecule is Cc1ccc(/C=[N+]2\NC(=O)[C@@H](NC(=O)c3ccccc3)[C@@H]2c2ccccc2)cc1. The minimum absolute atomic E-state index is 0.244. The Balaban J connectivity index is 1.69. The van der Waals surface area contributed by atoms with Crippen LogP contribution in [0.3, 0.4) is 0 Å². The van der Waals surface area contributed by atoms with Crippen LogP contribution >= 0.6 is 0 Å². The molecule has 2 atom stereocenters. The maximum atomic E-state index is 12.8. The van der Waals surface area contributed by atoms with Crippen molar-refractivity contribution < 1.29 is 14.3 Å². The number of hydrogen-bond acceptors (Lipinski definition) is 2. The van der Waals surface area contributed by atoms with Gasteiger partial charge in [0.2, 0.25) is 12.3 Å². The van der Waals surface area contributed by atoms with Crippen LogP contribution in [0.2, 0.25) is 0 Å². The van der Waals surface area contributed by atoms with E-state index >= 15 is 0 Å². The molecular weight excluding hydrogens is 362 g/mol. The van der Waals surface area contributed by atoms with Gasteiger partial charge in [-0.25, -0.2) is 0 Å². The van der Waals surface area contributed by atoms with E-state index in [9.17, 15) is 9.59 Å². The minimum atomic E-state index is -0.716. The van der Waals surface area contributed by atoms with Gasteiger partial charge >= 0.3 is 5.91 Å². The van der Waals surface area contributed by atoms with Crippen LogP contribution in [-0.2, 0) is 4.79 Å². The summed E-state index contributed by atoms with van der Waals surface area (Å²) in [5.41, 5.74) is 6.49. The van der Waals surface area contributed by atoms with Crippen LogP contribution < -0.4 is 10.7 Å². The van der Waals surface area contributed by atoms with Gasteiger partial charge < -0.3 is 5.32 Å². The van der Waals surface area contributed by atoms with E-state index in [-0.39, 0.29) is 17.9 Å². The molecule has 0 bridgehead atoms. The van der Waals surface area contributed by atoms with Gasteiger partial charge in [-0.15, -0.1) is 10.1 Å². The van der Waals surface area contributed by atoms with Gasteiger partial charge in [0.05, 0.1) is 0 Å². The quantitative estimate of drug-likeness (QED) is 0.680. The predicted molar refractivity (Wildman–Crippen MR) is 112 cm³/mol. The molecule has 4 rings (SSSR count). The second kappa shape index (κ2) is 8.10. The van der Waals surface area contributed by atoms with Crippen LogP contribution in [0.5, 0.6) is 0 Å². The molecule has 3 aromatic rings. The zero-order chi connectivity index (χ0) is 20.2. The van der Waals surface area contributed by atoms with E-state index in [2.05, 4.69) is 10.7 Å². The lowest BCUT2D eigenvalue weighted by Crippen LogP contribution is -2.42. The highest BCUT2D eigenvalue weighted by molar-refractivity contribution is 5.98. The Morgan fingerprint density at radius 2 is 1.55 bits per heavy atom. The summed E-state index contributed by atoms with van der Waals surface area (Å²) >= 11 is 0. The number of nitrogens with zero attached hydrogens (tertiary/aromatic N) is 1. The number of hydrogen-bond donors (Lipinski definition) is 2. The number of aryl methyl sites for hydroxylation is 1. The van der Waals surface area contributed by atoms with Gasteiger partial charge in [0.15, 0.2) is 6.04 Å². The maximum Gasteiger partial charge on any atom is 0.304 e. The molecule has 1 aliphatic heterocycles. The van der Waals surface area contributed by atoms with E-state index in [1.165, 1.54) is 5.56 Å². The number of amides is 2. The molecule has 1 saturated heterocycles. The zero-order valence-corrected chi connectivity index (χ0v) is 16.1. The van der Waals surface area contributed by atoms with Crippen LogP contribution in [0.1, 0.15) is 33.1 Å². The standard InChI is InChI=1S/C24H21N3O2/c1-17-12-14-18(15-13-17)16-27-22(19-8-4-2-5-9-19)21(24(29)26-27)25-23(28)20-10-6-3-7-11-20/h2-16,21-22H,1H3,(H-,25,26,28,29)/p+1/b27-16-/t21-,22-/m0/s1. The summed E-state index contributed by atoms with van der Waals surface area (Å²) in [6, 6.07) is 25.6. The van der Waals surface area contributed by atoms with Gasteiger partial charge in [-0.3, -0.25) is 9.59 Å². The van der Waals surface area contributed by atoms with Crippen molar-refractivity contribution in [3.63, 3.8) is 0 Å². The molecule has 1 aliphatic rings. The first-order valence-corrected chi connectivity index (χ1v) is 9.53. The Morgan fingerprint density at radius 3 is 2.21 bits per heavy atom. The van der Waals surface area contributed by atoms with Crippen molar-refractivity contribution in [1.82, 2.24) is 10.7 Å². The summed E-state index contributed by atoms with van der Waals surface area (Å²) in [6.07, 6.45) is 1.89. The van der Waals surface area contributed by atoms with Gasteiger partial charge in [0, 0.05) is 16.7 Å². The average molecular weight is 384 g/mol. The molecule has 0 unspecified atom stereocenters. The Labute approximate surface area is 169 Å². The summed E-state index contributed by atoms with van der Waals surface area (Å²) in [5, 5.41) is 2.91. The molecule has 5 heteroatoms. The van der Waals surface area contributed by atoms with E-state index in [0.29, 0.717) is 5.56 Å². The van der Waals surface area contributed by atoms with Gasteiger partial charge in [-0.05, 0) is 31.2 Å². The smallest absolute Gasteiger partial charge is 0.304 e. The fraction of sp³-hybridized carbons (Fsp3) is 0.125. The molecule has 1 fully saturated rings. The second-order valence-electron chi connectivity index (χ2n) is 7.10. The van der Waals surface area contributed by atoms with Crippen molar-refractivity contribution in [3.8, 4) is 0 Å². The van der Waals surface area contributed by atoms with E-state index in [1.807, 2.05) is 73.8 Å². The molecule has 29 heavy (non-hydrogen) atoms. The lowest BCUT2D eigenvalue weighted by atomic mass is 10.00. The molecule has 2 amide bonds. The highest BCUT2D eigenvalue weighted by Crippen LogP contribution is 2.25. The fourth-order valence-electron chi connectivity index (χ4n) is 3.46. The van der Waals surface area contributed by atoms with Gasteiger partial charge in [0.1, 0.15) is 0 Å². The van der Waals surface area contributed by atoms with Crippen LogP contribution in [-0.4, -0.2) is 28.8 Å². The molecule has 0 aliphatic carbocycles. The first kappa shape index (κ1) is 18.6. The van der Waals surface area contributed by atoms with E-state index in [0.717, 1.165) is 11.1 Å². The predicted octanol–water partition coefficient (Wildman–Crippen LogP) is 3.01. The van der Waals surface area contributed by atoms with Crippen LogP contribution in [0.15, 0.2) is 84.9 Å². The number of hydrazone groups is 1. The fourth-order valence-corrected chi connectivity index (χ4v) is 3.46. The second-order valence-corrected chi connectivity index (χ2v) is 7.10. The van der Waals surface area contributed by atoms with Crippen molar-refractivity contribution in [3.05, 3.63) is 107 Å². The molecule has 3 aromatic carbocycles. The van der Waals surface area contributed by atoms with Crippen molar-refractivity contribution >= 4 is 18.0 Å². The van der Waals surface area contributed by atoms with Crippen molar-refractivity contribution in [2.75, 3.05) is 0 Å². The molecule has 0 radical (unpaired) electrons. The Kier molecular flexibility index (Phi) is 5.20. The van der Waals surface area contributed by atoms with Crippen molar-refractivity contribution in [2.45, 2.75) is 19.0 Å². The minimum Gasteiger partial charge on any atom is -0.334 e. The first-order chi connectivity index (χ1) is 14.1. The molecular formula is C24H22N3O2+. The van der Waals surface area contributed by atoms with Gasteiger partial charge in [-0.2, -0.15) is 0 Å². The number of carbonyl (C=O) groups excluding carboxylic acids is 2. The third-order valence-corrected chi connectivity index (χ3v) is 4.97. The summed E-state index contributed by atoms with van der Waals surface area (Å²) in [7, 11) is 0. The van der Waals surface area contributed by atoms with E-state index < -0.39 is 6.04 Å². The van der Waals surface area contributed by atoms with Gasteiger partial charge in [-0.1, -0.05) is 66.2 Å². The molecule has 144 valence electrons. The average Bonchev–Trinajstić information content (AvgIpc) is 3.05. The Morgan fingerprint density at radius 1 is 0.931 bits per heavy atom. The number of carbonyl (C=O) groups is 2. The van der Waals surface area contributed by atoms with E-state index in [1.54, 1.807) is 28.9 Å². The monoisotopic (exact) mass is 384 g/mol. The number of benzene rings is 3. The van der Waals surface area contributed by atoms with Crippen LogP contribution in [0.4, 0.5) is 0 Å². The van der Waals surface area contributed by atoms with Crippen LogP contribution in [0, 0.1) is 6.92 Å². The highest BCUT2D eigenvalue weighted by atomic mass is 16.2. The Hall–Kier alpha value is -3.73. The summed E-state index contributed by atoms with van der Waals surface area (Å²) in [5.74, 6) is -0.518. The molecule has 0 aromatic heterocycles. The molecule has 2 N–H and O–H groups in total.